The molecule has 2 heterocycles. The normalized spacial score (nSPS) is 21.6. The zero-order valence-electron chi connectivity index (χ0n) is 25.6. The number of carbonyl (C=O) groups is 2. The minimum atomic E-state index is -4.75. The molecule has 0 radical (unpaired) electrons. The van der Waals surface area contributed by atoms with Crippen molar-refractivity contribution in [1.29, 1.82) is 0 Å². The molecule has 248 valence electrons. The van der Waals surface area contributed by atoms with Crippen molar-refractivity contribution in [2.45, 2.75) is 95.3 Å². The van der Waals surface area contributed by atoms with Gasteiger partial charge in [-0.05, 0) is 80.0 Å². The van der Waals surface area contributed by atoms with E-state index in [-0.39, 0.29) is 35.9 Å². The minimum Gasteiger partial charge on any atom is -0.457 e. The Balaban J connectivity index is 0.00000461. The maximum absolute atomic E-state index is 13.8. The van der Waals surface area contributed by atoms with E-state index in [0.717, 1.165) is 50.5 Å². The topological polar surface area (TPSA) is 91.3 Å². The number of rotatable bonds is 10. The molecule has 2 amide bonds. The van der Waals surface area contributed by atoms with Gasteiger partial charge in [-0.15, -0.1) is 25.6 Å². The number of nitrogens with one attached hydrogen (secondary N) is 1. The van der Waals surface area contributed by atoms with E-state index < -0.39 is 24.0 Å². The zero-order chi connectivity index (χ0) is 31.3. The molecule has 1 aliphatic carbocycles. The van der Waals surface area contributed by atoms with Crippen LogP contribution in [0.3, 0.4) is 0 Å². The molecule has 0 unspecified atom stereocenters. The molecule has 2 aromatic rings. The first-order chi connectivity index (χ1) is 21.1. The third-order valence-electron chi connectivity index (χ3n) is 9.27. The number of alkyl halides is 3. The molecule has 12 heteroatoms. The fraction of sp³-hybridized carbons (Fsp3) is 0.576. The summed E-state index contributed by atoms with van der Waals surface area (Å²) in [6.45, 7) is 4.52. The van der Waals surface area contributed by atoms with Crippen LogP contribution in [0.2, 0.25) is 0 Å². The lowest BCUT2D eigenvalue weighted by Crippen LogP contribution is -2.75. The molecule has 8 nitrogen and oxygen atoms in total. The number of likely N-dealkylation sites (tertiary alicyclic amines) is 1. The summed E-state index contributed by atoms with van der Waals surface area (Å²) in [7, 11) is 0. The number of unbranched alkanes of at least 4 members (excludes halogenated alkanes) is 1. The van der Waals surface area contributed by atoms with E-state index >= 15 is 0 Å². The van der Waals surface area contributed by atoms with Crippen molar-refractivity contribution >= 4 is 24.2 Å². The van der Waals surface area contributed by atoms with Gasteiger partial charge in [-0.3, -0.25) is 14.5 Å². The van der Waals surface area contributed by atoms with Crippen LogP contribution in [0, 0.1) is 5.92 Å². The lowest BCUT2D eigenvalue weighted by atomic mass is 9.78. The van der Waals surface area contributed by atoms with E-state index in [4.69, 9.17) is 4.74 Å². The summed E-state index contributed by atoms with van der Waals surface area (Å²) in [6, 6.07) is 11.8. The van der Waals surface area contributed by atoms with Gasteiger partial charge in [-0.1, -0.05) is 44.7 Å². The zero-order valence-corrected chi connectivity index (χ0v) is 26.4. The van der Waals surface area contributed by atoms with Crippen LogP contribution in [0.25, 0.3) is 0 Å². The highest BCUT2D eigenvalue weighted by Gasteiger charge is 2.55. The van der Waals surface area contributed by atoms with Gasteiger partial charge in [0.1, 0.15) is 28.8 Å². The Morgan fingerprint density at radius 3 is 2.11 bits per heavy atom. The van der Waals surface area contributed by atoms with Crippen LogP contribution in [0.15, 0.2) is 48.5 Å². The molecule has 2 aromatic carbocycles. The summed E-state index contributed by atoms with van der Waals surface area (Å²) in [4.78, 5) is 31.6. The number of ether oxygens (including phenoxy) is 2. The van der Waals surface area contributed by atoms with E-state index in [2.05, 4.69) is 21.9 Å². The van der Waals surface area contributed by atoms with Crippen molar-refractivity contribution in [2.24, 2.45) is 5.92 Å². The first kappa shape index (κ1) is 34.8. The number of hydrogen-bond donors (Lipinski definition) is 2. The number of carbonyl (C=O) groups excluding carboxylic acids is 2. The summed E-state index contributed by atoms with van der Waals surface area (Å²) in [5, 5.41) is 14.1. The van der Waals surface area contributed by atoms with Crippen molar-refractivity contribution in [3.05, 3.63) is 54.1 Å². The molecule has 1 spiro atoms. The average molecular weight is 654 g/mol. The van der Waals surface area contributed by atoms with Gasteiger partial charge in [0.15, 0.2) is 0 Å². The third kappa shape index (κ3) is 8.42. The lowest BCUT2D eigenvalue weighted by Gasteiger charge is -2.52. The number of aliphatic hydroxyl groups excluding tert-OH is 1. The minimum absolute atomic E-state index is 0. The van der Waals surface area contributed by atoms with Gasteiger partial charge in [0, 0.05) is 26.2 Å². The van der Waals surface area contributed by atoms with Gasteiger partial charge in [-0.2, -0.15) is 0 Å². The van der Waals surface area contributed by atoms with Gasteiger partial charge < -0.3 is 24.8 Å². The maximum Gasteiger partial charge on any atom is 0.573 e. The number of hydrogen-bond acceptors (Lipinski definition) is 6. The number of aliphatic hydroxyl groups is 1. The largest absolute Gasteiger partial charge is 0.573 e. The molecular formula is C33H43ClF3N3O5. The van der Waals surface area contributed by atoms with Gasteiger partial charge in [0.25, 0.3) is 0 Å². The van der Waals surface area contributed by atoms with Gasteiger partial charge in [0.05, 0.1) is 6.10 Å². The van der Waals surface area contributed by atoms with E-state index in [1.807, 2.05) is 12.1 Å². The first-order valence-corrected chi connectivity index (χ1v) is 15.7. The molecule has 3 fully saturated rings. The summed E-state index contributed by atoms with van der Waals surface area (Å²) in [5.74, 6) is 0.357. The van der Waals surface area contributed by atoms with E-state index in [9.17, 15) is 27.9 Å². The molecule has 2 atom stereocenters. The van der Waals surface area contributed by atoms with Crippen LogP contribution in [0.4, 0.5) is 13.2 Å². The molecule has 3 aliphatic rings. The van der Waals surface area contributed by atoms with Gasteiger partial charge in [0.2, 0.25) is 11.8 Å². The van der Waals surface area contributed by atoms with Crippen LogP contribution < -0.4 is 14.8 Å². The average Bonchev–Trinajstić information content (AvgIpc) is 3.01. The SMILES string of the molecule is CCCCN1C(=O)[C@@H]([C@H](O)C2CCCCC2)NC(=O)C12CCN(Cc1ccc(Oc3ccc(OC(F)(F)F)cc3)cc1)CC2.Cl. The van der Waals surface area contributed by atoms with Crippen molar-refractivity contribution in [1.82, 2.24) is 15.1 Å². The van der Waals surface area contributed by atoms with Crippen molar-refractivity contribution in [3.63, 3.8) is 0 Å². The van der Waals surface area contributed by atoms with Crippen LogP contribution >= 0.6 is 12.4 Å². The Hall–Kier alpha value is -3.02. The highest BCUT2D eigenvalue weighted by molar-refractivity contribution is 6.00. The second-order valence-electron chi connectivity index (χ2n) is 12.3. The number of nitrogens with zero attached hydrogens (tertiary/aromatic N) is 2. The summed E-state index contributed by atoms with van der Waals surface area (Å²) >= 11 is 0. The quantitative estimate of drug-likeness (QED) is 0.317. The van der Waals surface area contributed by atoms with E-state index in [0.29, 0.717) is 50.5 Å². The van der Waals surface area contributed by atoms with E-state index in [1.54, 1.807) is 17.0 Å². The van der Waals surface area contributed by atoms with Crippen LogP contribution in [0.1, 0.15) is 70.3 Å². The Morgan fingerprint density at radius 1 is 0.956 bits per heavy atom. The Bertz CT molecular complexity index is 1260. The van der Waals surface area contributed by atoms with Crippen molar-refractivity contribution in [3.8, 4) is 17.2 Å². The number of amides is 2. The Morgan fingerprint density at radius 2 is 1.53 bits per heavy atom. The highest BCUT2D eigenvalue weighted by Crippen LogP contribution is 2.37. The van der Waals surface area contributed by atoms with Crippen molar-refractivity contribution in [2.75, 3.05) is 19.6 Å². The number of piperidine rings is 1. The second-order valence-corrected chi connectivity index (χ2v) is 12.3. The van der Waals surface area contributed by atoms with E-state index in [1.165, 1.54) is 24.3 Å². The Labute approximate surface area is 268 Å². The summed E-state index contributed by atoms with van der Waals surface area (Å²) in [6.07, 6.45) is 2.16. The number of piperazine rings is 1. The molecule has 0 aromatic heterocycles. The predicted molar refractivity (Wildman–Crippen MR) is 165 cm³/mol. The molecule has 0 bridgehead atoms. The fourth-order valence-electron chi connectivity index (χ4n) is 6.80. The molecular weight excluding hydrogens is 611 g/mol. The molecule has 2 aliphatic heterocycles. The third-order valence-corrected chi connectivity index (χ3v) is 9.27. The smallest absolute Gasteiger partial charge is 0.457 e. The molecule has 5 rings (SSSR count). The number of halogens is 4. The highest BCUT2D eigenvalue weighted by atomic mass is 35.5. The molecule has 2 N–H and O–H groups in total. The molecule has 1 saturated carbocycles. The predicted octanol–water partition coefficient (Wildman–Crippen LogP) is 6.20. The lowest BCUT2D eigenvalue weighted by molar-refractivity contribution is -0.274. The van der Waals surface area contributed by atoms with Gasteiger partial charge in [-0.25, -0.2) is 0 Å². The monoisotopic (exact) mass is 653 g/mol. The molecule has 45 heavy (non-hydrogen) atoms. The first-order valence-electron chi connectivity index (χ1n) is 15.7. The second kappa shape index (κ2) is 15.0. The van der Waals surface area contributed by atoms with Gasteiger partial charge >= 0.3 is 6.36 Å². The van der Waals surface area contributed by atoms with Crippen LogP contribution in [-0.4, -0.2) is 70.4 Å². The summed E-state index contributed by atoms with van der Waals surface area (Å²) in [5.41, 5.74) is 0.147. The summed E-state index contributed by atoms with van der Waals surface area (Å²) < 4.78 is 46.8. The molecule has 2 saturated heterocycles. The van der Waals surface area contributed by atoms with Crippen LogP contribution in [-0.2, 0) is 16.1 Å². The number of benzene rings is 2. The maximum atomic E-state index is 13.8. The standard InChI is InChI=1S/C33H42F3N3O5.ClH/c1-2-3-19-39-30(41)28(29(40)24-7-5-4-6-8-24)37-31(42)32(39)17-20-38(21-18-32)22-23-9-11-25(12-10-23)43-26-13-15-27(16-14-26)44-33(34,35)36;/h9-16,24,28-29,40H,2-8,17-22H2,1H3,(H,37,42);1H/t28-,29-;/m1./s1. The van der Waals surface area contributed by atoms with Crippen LogP contribution in [0.5, 0.6) is 17.2 Å². The fourth-order valence-corrected chi connectivity index (χ4v) is 6.80. The Kier molecular flexibility index (Phi) is 11.7. The van der Waals surface area contributed by atoms with Crippen molar-refractivity contribution < 1.29 is 37.3 Å².